The lowest BCUT2D eigenvalue weighted by atomic mass is 9.78. The second-order valence-corrected chi connectivity index (χ2v) is 9.64. The number of ketones is 1. The highest BCUT2D eigenvalue weighted by atomic mass is 35.5. The Kier molecular flexibility index (Phi) is 10.3. The molecule has 0 aliphatic carbocycles. The molecule has 8 heteroatoms. The molecule has 31 heavy (non-hydrogen) atoms. The first-order valence-electron chi connectivity index (χ1n) is 9.98. The van der Waals surface area contributed by atoms with E-state index in [2.05, 4.69) is 18.6 Å². The molecule has 0 heterocycles. The number of nitrogens with one attached hydrogen (secondary N) is 1. The van der Waals surface area contributed by atoms with Gasteiger partial charge in [-0.25, -0.2) is 0 Å². The summed E-state index contributed by atoms with van der Waals surface area (Å²) in [6.45, 7) is 5.35. The van der Waals surface area contributed by atoms with Crippen LogP contribution >= 0.6 is 46.8 Å². The Bertz CT molecular complexity index is 853. The van der Waals surface area contributed by atoms with Crippen molar-refractivity contribution in [2.24, 2.45) is 0 Å². The zero-order valence-corrected chi connectivity index (χ0v) is 21.4. The highest BCUT2D eigenvalue weighted by Crippen LogP contribution is 2.40. The predicted molar refractivity (Wildman–Crippen MR) is 136 cm³/mol. The van der Waals surface area contributed by atoms with Crippen LogP contribution in [0.15, 0.2) is 36.4 Å². The zero-order chi connectivity index (χ0) is 23.0. The summed E-state index contributed by atoms with van der Waals surface area (Å²) >= 11 is 20.5. The largest absolute Gasteiger partial charge is 0.486 e. The van der Waals surface area contributed by atoms with E-state index >= 15 is 0 Å². The molecule has 0 atom stereocenters. The van der Waals surface area contributed by atoms with Gasteiger partial charge in [0.05, 0.1) is 22.3 Å². The molecule has 0 radical (unpaired) electrons. The number of ether oxygens (including phenoxy) is 1. The number of carbonyl (C=O) groups excluding carboxylic acids is 1. The average molecular weight is 504 g/mol. The van der Waals surface area contributed by atoms with Crippen molar-refractivity contribution >= 4 is 58.2 Å². The van der Waals surface area contributed by atoms with E-state index in [1.54, 1.807) is 0 Å². The standard InChI is InChI=1S/C23H29Cl3N2O2S/c1-23(2,16-6-8-19(9-7-16)30-15-18(29)14-27-31-4)17-12-20(25)22(21(26)13-17)28(3)11-5-10-24/h6-9,12-13,27H,5,10-11,14-15H2,1-4H3. The molecule has 0 spiro atoms. The number of alkyl halides is 1. The van der Waals surface area contributed by atoms with Crippen molar-refractivity contribution in [2.75, 3.05) is 43.8 Å². The van der Waals surface area contributed by atoms with Crippen LogP contribution in [0.25, 0.3) is 0 Å². The van der Waals surface area contributed by atoms with E-state index in [-0.39, 0.29) is 24.3 Å². The van der Waals surface area contributed by atoms with E-state index in [0.717, 1.165) is 29.8 Å². The average Bonchev–Trinajstić information content (AvgIpc) is 2.74. The second kappa shape index (κ2) is 12.2. The van der Waals surface area contributed by atoms with Gasteiger partial charge in [0.1, 0.15) is 12.4 Å². The Morgan fingerprint density at radius 3 is 2.29 bits per heavy atom. The van der Waals surface area contributed by atoms with Gasteiger partial charge in [0, 0.05) is 24.9 Å². The molecule has 0 fully saturated rings. The van der Waals surface area contributed by atoms with Crippen molar-refractivity contribution in [3.8, 4) is 5.75 Å². The molecule has 0 bridgehead atoms. The molecule has 2 aromatic carbocycles. The summed E-state index contributed by atoms with van der Waals surface area (Å²) in [5.41, 5.74) is 2.60. The molecule has 2 aromatic rings. The van der Waals surface area contributed by atoms with Crippen molar-refractivity contribution in [1.29, 1.82) is 0 Å². The Hall–Kier alpha value is -1.11. The first kappa shape index (κ1) is 26.1. The molecule has 2 rings (SSSR count). The maximum Gasteiger partial charge on any atom is 0.184 e. The van der Waals surface area contributed by atoms with E-state index < -0.39 is 0 Å². The summed E-state index contributed by atoms with van der Waals surface area (Å²) in [5.74, 6) is 1.25. The Morgan fingerprint density at radius 2 is 1.74 bits per heavy atom. The SMILES string of the molecule is CSNCC(=O)COc1ccc(C(C)(C)c2cc(Cl)c(N(C)CCCCl)c(Cl)c2)cc1. The number of hydrogen-bond acceptors (Lipinski definition) is 5. The molecule has 0 amide bonds. The Balaban J connectivity index is 2.16. The van der Waals surface area contributed by atoms with Gasteiger partial charge in [-0.15, -0.1) is 11.6 Å². The molecule has 0 unspecified atom stereocenters. The summed E-state index contributed by atoms with van der Waals surface area (Å²) in [5, 5.41) is 1.23. The molecular weight excluding hydrogens is 475 g/mol. The lowest BCUT2D eigenvalue weighted by Gasteiger charge is -2.29. The minimum Gasteiger partial charge on any atom is -0.486 e. The number of halogens is 3. The molecule has 170 valence electrons. The third-order valence-corrected chi connectivity index (χ3v) is 6.41. The van der Waals surface area contributed by atoms with Gasteiger partial charge >= 0.3 is 0 Å². The quantitative estimate of drug-likeness (QED) is 0.276. The molecule has 0 saturated heterocycles. The molecule has 0 aromatic heterocycles. The normalized spacial score (nSPS) is 11.5. The summed E-state index contributed by atoms with van der Waals surface area (Å²) in [4.78, 5) is 13.8. The number of nitrogens with zero attached hydrogens (tertiary/aromatic N) is 1. The molecule has 4 nitrogen and oxygen atoms in total. The van der Waals surface area contributed by atoms with Crippen LogP contribution in [0, 0.1) is 0 Å². The van der Waals surface area contributed by atoms with Gasteiger partial charge < -0.3 is 9.64 Å². The lowest BCUT2D eigenvalue weighted by Crippen LogP contribution is -2.23. The van der Waals surface area contributed by atoms with Crippen LogP contribution in [-0.2, 0) is 10.2 Å². The summed E-state index contributed by atoms with van der Waals surface area (Å²) in [6, 6.07) is 11.7. The topological polar surface area (TPSA) is 41.6 Å². The third-order valence-electron chi connectivity index (χ3n) is 5.14. The smallest absolute Gasteiger partial charge is 0.184 e. The fraction of sp³-hybridized carbons (Fsp3) is 0.435. The van der Waals surface area contributed by atoms with Crippen LogP contribution in [0.4, 0.5) is 5.69 Å². The maximum absolute atomic E-state index is 11.7. The minimum atomic E-state index is -0.322. The highest BCUT2D eigenvalue weighted by molar-refractivity contribution is 7.96. The van der Waals surface area contributed by atoms with Crippen molar-refractivity contribution < 1.29 is 9.53 Å². The fourth-order valence-electron chi connectivity index (χ4n) is 3.20. The number of hydrogen-bond donors (Lipinski definition) is 1. The lowest BCUT2D eigenvalue weighted by molar-refractivity contribution is -0.119. The van der Waals surface area contributed by atoms with Gasteiger partial charge in [-0.05, 0) is 48.1 Å². The van der Waals surface area contributed by atoms with Crippen molar-refractivity contribution in [3.63, 3.8) is 0 Å². The summed E-state index contributed by atoms with van der Waals surface area (Å²) in [7, 11) is 1.96. The second-order valence-electron chi connectivity index (χ2n) is 7.75. The van der Waals surface area contributed by atoms with Gasteiger partial charge in [-0.2, -0.15) is 0 Å². The number of anilines is 1. The van der Waals surface area contributed by atoms with Crippen molar-refractivity contribution in [3.05, 3.63) is 57.6 Å². The molecule has 1 N–H and O–H groups in total. The number of rotatable bonds is 12. The van der Waals surface area contributed by atoms with Gasteiger partial charge in [0.25, 0.3) is 0 Å². The molecule has 0 saturated carbocycles. The Labute approximate surface area is 204 Å². The number of benzene rings is 2. The van der Waals surface area contributed by atoms with Crippen LogP contribution in [-0.4, -0.2) is 44.7 Å². The third kappa shape index (κ3) is 7.19. The molecule has 0 aliphatic rings. The van der Waals surface area contributed by atoms with Gasteiger partial charge in [0.15, 0.2) is 5.78 Å². The summed E-state index contributed by atoms with van der Waals surface area (Å²) in [6.07, 6.45) is 2.73. The fourth-order valence-corrected chi connectivity index (χ4v) is 4.40. The zero-order valence-electron chi connectivity index (χ0n) is 18.3. The summed E-state index contributed by atoms with van der Waals surface area (Å²) < 4.78 is 8.51. The van der Waals surface area contributed by atoms with Gasteiger partial charge in [-0.3, -0.25) is 9.52 Å². The van der Waals surface area contributed by atoms with Crippen molar-refractivity contribution in [1.82, 2.24) is 4.72 Å². The Morgan fingerprint density at radius 1 is 1.13 bits per heavy atom. The van der Waals surface area contributed by atoms with Crippen LogP contribution in [0.1, 0.15) is 31.4 Å². The van der Waals surface area contributed by atoms with E-state index in [4.69, 9.17) is 39.5 Å². The van der Waals surface area contributed by atoms with Crippen molar-refractivity contribution in [2.45, 2.75) is 25.7 Å². The van der Waals surface area contributed by atoms with E-state index in [1.807, 2.05) is 54.6 Å². The number of carbonyl (C=O) groups is 1. The number of Topliss-reactive ketones (excluding diaryl/α,β-unsaturated/α-hetero) is 1. The van der Waals surface area contributed by atoms with Crippen LogP contribution in [0.2, 0.25) is 10.0 Å². The van der Waals surface area contributed by atoms with E-state index in [0.29, 0.717) is 21.7 Å². The van der Waals surface area contributed by atoms with Crippen LogP contribution < -0.4 is 14.4 Å². The molecular formula is C23H29Cl3N2O2S. The minimum absolute atomic E-state index is 0.000791. The van der Waals surface area contributed by atoms with Crippen LogP contribution in [0.3, 0.4) is 0 Å². The van der Waals surface area contributed by atoms with E-state index in [1.165, 1.54) is 11.9 Å². The maximum atomic E-state index is 11.7. The monoisotopic (exact) mass is 502 g/mol. The van der Waals surface area contributed by atoms with Gasteiger partial charge in [0.2, 0.25) is 0 Å². The first-order chi connectivity index (χ1) is 14.7. The van der Waals surface area contributed by atoms with E-state index in [9.17, 15) is 4.79 Å². The first-order valence-corrected chi connectivity index (χ1v) is 12.5. The predicted octanol–water partition coefficient (Wildman–Crippen LogP) is 6.20. The van der Waals surface area contributed by atoms with Gasteiger partial charge in [-0.1, -0.05) is 61.1 Å². The highest BCUT2D eigenvalue weighted by Gasteiger charge is 2.26. The van der Waals surface area contributed by atoms with Crippen LogP contribution in [0.5, 0.6) is 5.75 Å². The molecule has 0 aliphatic heterocycles.